The molecule has 5 heteroatoms. The fourth-order valence-corrected chi connectivity index (χ4v) is 1.71. The average molecular weight is 197 g/mol. The van der Waals surface area contributed by atoms with Crippen LogP contribution in [0, 0.1) is 11.3 Å². The van der Waals surface area contributed by atoms with Crippen LogP contribution in [-0.4, -0.2) is 15.0 Å². The summed E-state index contributed by atoms with van der Waals surface area (Å²) in [6.45, 7) is 0.688. The van der Waals surface area contributed by atoms with Gasteiger partial charge >= 0.3 is 0 Å². The number of allylic oxidation sites excluding steroid dienone is 2. The number of fused-ring (bicyclic) bond motifs is 3. The summed E-state index contributed by atoms with van der Waals surface area (Å²) in [5.41, 5.74) is 1.83. The van der Waals surface area contributed by atoms with E-state index >= 15 is 0 Å². The molecule has 0 unspecified atom stereocenters. The van der Waals surface area contributed by atoms with Gasteiger partial charge in [0, 0.05) is 12.4 Å². The smallest absolute Gasteiger partial charge is 0.232 e. The molecule has 72 valence electrons. The van der Waals surface area contributed by atoms with Crippen LogP contribution in [0.1, 0.15) is 11.5 Å². The van der Waals surface area contributed by atoms with Crippen molar-refractivity contribution in [1.29, 1.82) is 5.26 Å². The van der Waals surface area contributed by atoms with E-state index in [2.05, 4.69) is 9.97 Å². The molecule has 3 rings (SSSR count). The number of anilines is 1. The Morgan fingerprint density at radius 1 is 1.33 bits per heavy atom. The van der Waals surface area contributed by atoms with E-state index in [-0.39, 0.29) is 5.82 Å². The molecule has 0 atom stereocenters. The van der Waals surface area contributed by atoms with Gasteiger partial charge in [-0.3, -0.25) is 10.0 Å². The van der Waals surface area contributed by atoms with Crippen molar-refractivity contribution in [2.45, 2.75) is 6.54 Å². The summed E-state index contributed by atoms with van der Waals surface area (Å²) in [4.78, 5) is 8.13. The minimum Gasteiger partial charge on any atom is -0.282 e. The van der Waals surface area contributed by atoms with Gasteiger partial charge in [-0.1, -0.05) is 0 Å². The molecule has 1 aromatic rings. The molecule has 0 fully saturated rings. The Labute approximate surface area is 86.6 Å². The first kappa shape index (κ1) is 8.00. The Morgan fingerprint density at radius 2 is 2.20 bits per heavy atom. The predicted molar refractivity (Wildman–Crippen MR) is 53.0 cm³/mol. The molecule has 0 radical (unpaired) electrons. The summed E-state index contributed by atoms with van der Waals surface area (Å²) in [5, 5.41) is 12.7. The molecule has 2 aliphatic rings. The normalized spacial score (nSPS) is 16.2. The lowest BCUT2D eigenvalue weighted by molar-refractivity contribution is 0.396. The van der Waals surface area contributed by atoms with Gasteiger partial charge in [-0.15, -0.1) is 0 Å². The lowest BCUT2D eigenvalue weighted by Gasteiger charge is -2.26. The molecule has 0 saturated heterocycles. The van der Waals surface area contributed by atoms with Gasteiger partial charge in [-0.25, -0.2) is 9.97 Å². The van der Waals surface area contributed by atoms with Crippen LogP contribution in [0.15, 0.2) is 30.7 Å². The molecule has 2 aliphatic heterocycles. The zero-order chi connectivity index (χ0) is 10.3. The summed E-state index contributed by atoms with van der Waals surface area (Å²) in [6.07, 6.45) is 9.50. The summed E-state index contributed by atoms with van der Waals surface area (Å²) in [6, 6.07) is 1.94. The van der Waals surface area contributed by atoms with Gasteiger partial charge in [0.25, 0.3) is 0 Å². The van der Waals surface area contributed by atoms with Crippen LogP contribution in [0.25, 0.3) is 0 Å². The highest BCUT2D eigenvalue weighted by atomic mass is 15.6. The zero-order valence-corrected chi connectivity index (χ0v) is 7.83. The topological polar surface area (TPSA) is 56.1 Å². The Balaban J connectivity index is 2.09. The van der Waals surface area contributed by atoms with Gasteiger partial charge in [0.05, 0.1) is 18.4 Å². The lowest BCUT2D eigenvalue weighted by Crippen LogP contribution is -2.29. The van der Waals surface area contributed by atoms with Crippen LogP contribution in [-0.2, 0) is 6.54 Å². The summed E-state index contributed by atoms with van der Waals surface area (Å²) in [5.74, 6) is 0.225. The Morgan fingerprint density at radius 3 is 3.07 bits per heavy atom. The molecule has 15 heavy (non-hydrogen) atoms. The van der Waals surface area contributed by atoms with Gasteiger partial charge in [0.2, 0.25) is 5.82 Å². The van der Waals surface area contributed by atoms with Crippen molar-refractivity contribution in [3.05, 3.63) is 42.3 Å². The second kappa shape index (κ2) is 2.82. The quantitative estimate of drug-likeness (QED) is 0.619. The highest BCUT2D eigenvalue weighted by Gasteiger charge is 2.26. The maximum Gasteiger partial charge on any atom is 0.232 e. The molecule has 0 saturated carbocycles. The number of hydrazine groups is 1. The maximum absolute atomic E-state index is 8.70. The number of hydrogen-bond acceptors (Lipinski definition) is 5. The van der Waals surface area contributed by atoms with E-state index in [9.17, 15) is 0 Å². The van der Waals surface area contributed by atoms with Crippen molar-refractivity contribution in [3.8, 4) is 6.07 Å². The van der Waals surface area contributed by atoms with Crippen molar-refractivity contribution in [2.75, 3.05) is 5.01 Å². The van der Waals surface area contributed by atoms with Gasteiger partial charge in [0.15, 0.2) is 0 Å². The largest absolute Gasteiger partial charge is 0.282 e. The highest BCUT2D eigenvalue weighted by molar-refractivity contribution is 5.56. The minimum atomic E-state index is 0.225. The van der Waals surface area contributed by atoms with Crippen LogP contribution < -0.4 is 5.01 Å². The fourth-order valence-electron chi connectivity index (χ4n) is 1.71. The SMILES string of the molecule is N#Cc1ncc2c(n1)CN1C=CC=CN21. The molecule has 0 amide bonds. The zero-order valence-electron chi connectivity index (χ0n) is 7.83. The van der Waals surface area contributed by atoms with Crippen LogP contribution in [0.4, 0.5) is 5.69 Å². The molecule has 0 spiro atoms. The first-order chi connectivity index (χ1) is 7.38. The second-order valence-electron chi connectivity index (χ2n) is 3.26. The van der Waals surface area contributed by atoms with Crippen molar-refractivity contribution in [1.82, 2.24) is 15.0 Å². The van der Waals surface area contributed by atoms with Gasteiger partial charge in [-0.2, -0.15) is 5.26 Å². The van der Waals surface area contributed by atoms with Crippen LogP contribution in [0.5, 0.6) is 0 Å². The van der Waals surface area contributed by atoms with Crippen LogP contribution in [0.3, 0.4) is 0 Å². The summed E-state index contributed by atoms with van der Waals surface area (Å²) < 4.78 is 0. The summed E-state index contributed by atoms with van der Waals surface area (Å²) >= 11 is 0. The Kier molecular flexibility index (Phi) is 1.50. The van der Waals surface area contributed by atoms with Gasteiger partial charge in [0.1, 0.15) is 11.8 Å². The predicted octanol–water partition coefficient (Wildman–Crippen LogP) is 0.926. The Bertz CT molecular complexity index is 511. The summed E-state index contributed by atoms with van der Waals surface area (Å²) in [7, 11) is 0. The molecule has 5 nitrogen and oxygen atoms in total. The molecule has 0 aromatic carbocycles. The van der Waals surface area contributed by atoms with Crippen molar-refractivity contribution < 1.29 is 0 Å². The van der Waals surface area contributed by atoms with Crippen molar-refractivity contribution >= 4 is 5.69 Å². The number of rotatable bonds is 0. The number of nitrogens with zero attached hydrogens (tertiary/aromatic N) is 5. The number of aromatic nitrogens is 2. The molecule has 3 heterocycles. The number of nitriles is 1. The van der Waals surface area contributed by atoms with Crippen LogP contribution >= 0.6 is 0 Å². The monoisotopic (exact) mass is 197 g/mol. The number of hydrogen-bond donors (Lipinski definition) is 0. The van der Waals surface area contributed by atoms with Crippen molar-refractivity contribution in [2.24, 2.45) is 0 Å². The van der Waals surface area contributed by atoms with E-state index in [1.54, 1.807) is 6.20 Å². The molecule has 0 N–H and O–H groups in total. The molecule has 0 bridgehead atoms. The first-order valence-electron chi connectivity index (χ1n) is 4.55. The van der Waals surface area contributed by atoms with E-state index < -0.39 is 0 Å². The van der Waals surface area contributed by atoms with E-state index in [1.807, 2.05) is 40.6 Å². The van der Waals surface area contributed by atoms with Gasteiger partial charge in [-0.05, 0) is 12.2 Å². The minimum absolute atomic E-state index is 0.225. The second-order valence-corrected chi connectivity index (χ2v) is 3.26. The average Bonchev–Trinajstić information content (AvgIpc) is 2.66. The van der Waals surface area contributed by atoms with Crippen molar-refractivity contribution in [3.63, 3.8) is 0 Å². The van der Waals surface area contributed by atoms with E-state index in [0.29, 0.717) is 6.54 Å². The van der Waals surface area contributed by atoms with E-state index in [4.69, 9.17) is 5.26 Å². The lowest BCUT2D eigenvalue weighted by atomic mass is 10.3. The third-order valence-corrected chi connectivity index (χ3v) is 2.38. The third kappa shape index (κ3) is 1.08. The third-order valence-electron chi connectivity index (χ3n) is 2.38. The fraction of sp³-hybridized carbons (Fsp3) is 0.100. The molecular weight excluding hydrogens is 190 g/mol. The standard InChI is InChI=1S/C10H7N5/c11-5-10-12-6-9-8(13-10)7-14-3-1-2-4-15(9)14/h1-4,6H,7H2. The van der Waals surface area contributed by atoms with E-state index in [0.717, 1.165) is 11.4 Å². The van der Waals surface area contributed by atoms with E-state index in [1.165, 1.54) is 0 Å². The molecule has 0 aliphatic carbocycles. The molecule has 1 aromatic heterocycles. The highest BCUT2D eigenvalue weighted by Crippen LogP contribution is 2.30. The molecular formula is C10H7N5. The first-order valence-corrected chi connectivity index (χ1v) is 4.55. The van der Waals surface area contributed by atoms with Gasteiger partial charge < -0.3 is 0 Å². The Hall–Kier alpha value is -2.35. The van der Waals surface area contributed by atoms with Crippen LogP contribution in [0.2, 0.25) is 0 Å². The maximum atomic E-state index is 8.70.